The monoisotopic (exact) mass is 352 g/mol. The van der Waals surface area contributed by atoms with Crippen LogP contribution in [0, 0.1) is 5.92 Å². The first-order valence-electron chi connectivity index (χ1n) is 8.43. The van der Waals surface area contributed by atoms with Gasteiger partial charge in [-0.25, -0.2) is 4.79 Å². The Hall–Kier alpha value is -1.89. The number of thiophene rings is 1. The molecule has 0 unspecified atom stereocenters. The van der Waals surface area contributed by atoms with Crippen molar-refractivity contribution in [1.82, 2.24) is 10.2 Å². The molecule has 1 aliphatic rings. The number of amides is 2. The van der Waals surface area contributed by atoms with E-state index in [0.717, 1.165) is 37.1 Å². The van der Waals surface area contributed by atoms with Crippen molar-refractivity contribution in [2.75, 3.05) is 19.6 Å². The molecule has 0 spiro atoms. The summed E-state index contributed by atoms with van der Waals surface area (Å²) in [5, 5.41) is 11.9. The van der Waals surface area contributed by atoms with Crippen molar-refractivity contribution in [3.63, 3.8) is 0 Å². The lowest BCUT2D eigenvalue weighted by Gasteiger charge is -2.31. The number of piperidine rings is 1. The minimum atomic E-state index is -1.02. The number of likely N-dealkylation sites (tertiary alicyclic amines) is 1. The topological polar surface area (TPSA) is 86.7 Å². The van der Waals surface area contributed by atoms with Crippen LogP contribution in [0.4, 0.5) is 0 Å². The number of hydrogen-bond donors (Lipinski definition) is 2. The second-order valence-electron chi connectivity index (χ2n) is 6.03. The fourth-order valence-corrected chi connectivity index (χ4v) is 3.61. The Morgan fingerprint density at radius 1 is 1.21 bits per heavy atom. The van der Waals surface area contributed by atoms with Gasteiger partial charge in [0.05, 0.1) is 4.88 Å². The molecule has 1 aromatic rings. The molecule has 2 amide bonds. The Balaban J connectivity index is 1.80. The Morgan fingerprint density at radius 3 is 2.46 bits per heavy atom. The third-order valence-corrected chi connectivity index (χ3v) is 5.32. The molecule has 2 heterocycles. The average molecular weight is 352 g/mol. The van der Waals surface area contributed by atoms with Crippen LogP contribution in [0.5, 0.6) is 0 Å². The zero-order valence-electron chi connectivity index (χ0n) is 13.9. The fourth-order valence-electron chi connectivity index (χ4n) is 2.80. The first-order valence-corrected chi connectivity index (χ1v) is 9.24. The number of nitrogens with one attached hydrogen (secondary N) is 1. The number of carboxylic acids is 1. The van der Waals surface area contributed by atoms with Gasteiger partial charge in [-0.2, -0.15) is 0 Å². The first-order chi connectivity index (χ1) is 11.5. The van der Waals surface area contributed by atoms with E-state index in [-0.39, 0.29) is 22.6 Å². The normalized spacial score (nSPS) is 15.3. The fraction of sp³-hybridized carbons (Fsp3) is 0.588. The number of carbonyl (C=O) groups is 3. The molecule has 0 saturated carbocycles. The number of rotatable bonds is 7. The Labute approximate surface area is 145 Å². The maximum absolute atomic E-state index is 12.4. The van der Waals surface area contributed by atoms with Gasteiger partial charge in [0.2, 0.25) is 5.91 Å². The third-order valence-electron chi connectivity index (χ3n) is 4.26. The summed E-state index contributed by atoms with van der Waals surface area (Å²) >= 11 is 0.996. The molecular weight excluding hydrogens is 328 g/mol. The zero-order chi connectivity index (χ0) is 17.5. The van der Waals surface area contributed by atoms with Crippen molar-refractivity contribution in [2.24, 2.45) is 5.92 Å². The van der Waals surface area contributed by atoms with E-state index in [1.807, 2.05) is 0 Å². The minimum Gasteiger partial charge on any atom is -0.477 e. The van der Waals surface area contributed by atoms with E-state index in [1.54, 1.807) is 11.0 Å². The predicted molar refractivity (Wildman–Crippen MR) is 92.4 cm³/mol. The summed E-state index contributed by atoms with van der Waals surface area (Å²) in [6, 6.07) is 3.01. The van der Waals surface area contributed by atoms with Crippen LogP contribution in [-0.2, 0) is 4.79 Å². The number of nitrogens with zero attached hydrogens (tertiary/aromatic N) is 1. The van der Waals surface area contributed by atoms with E-state index in [4.69, 9.17) is 5.11 Å². The van der Waals surface area contributed by atoms with Crippen molar-refractivity contribution in [1.29, 1.82) is 0 Å². The van der Waals surface area contributed by atoms with E-state index in [1.165, 1.54) is 6.07 Å². The summed E-state index contributed by atoms with van der Waals surface area (Å²) in [6.45, 7) is 3.92. The average Bonchev–Trinajstić information content (AvgIpc) is 3.08. The molecule has 24 heavy (non-hydrogen) atoms. The van der Waals surface area contributed by atoms with Crippen molar-refractivity contribution >= 4 is 29.1 Å². The van der Waals surface area contributed by atoms with Crippen LogP contribution in [-0.4, -0.2) is 47.4 Å². The summed E-state index contributed by atoms with van der Waals surface area (Å²) in [7, 11) is 0. The van der Waals surface area contributed by atoms with Crippen molar-refractivity contribution in [3.8, 4) is 0 Å². The highest BCUT2D eigenvalue weighted by Crippen LogP contribution is 2.23. The second-order valence-corrected chi connectivity index (χ2v) is 7.12. The smallest absolute Gasteiger partial charge is 0.345 e. The van der Waals surface area contributed by atoms with Gasteiger partial charge in [0.1, 0.15) is 4.88 Å². The summed E-state index contributed by atoms with van der Waals surface area (Å²) < 4.78 is 0. The number of aromatic carboxylic acids is 1. The van der Waals surface area contributed by atoms with Gasteiger partial charge < -0.3 is 15.3 Å². The van der Waals surface area contributed by atoms with Crippen LogP contribution in [0.15, 0.2) is 12.1 Å². The van der Waals surface area contributed by atoms with Crippen molar-refractivity contribution < 1.29 is 19.5 Å². The molecule has 0 bridgehead atoms. The molecule has 2 N–H and O–H groups in total. The molecule has 1 fully saturated rings. The van der Waals surface area contributed by atoms with E-state index in [9.17, 15) is 14.4 Å². The van der Waals surface area contributed by atoms with E-state index >= 15 is 0 Å². The van der Waals surface area contributed by atoms with Crippen LogP contribution in [0.2, 0.25) is 0 Å². The molecule has 2 rings (SSSR count). The van der Waals surface area contributed by atoms with Gasteiger partial charge in [0.25, 0.3) is 5.91 Å². The Morgan fingerprint density at radius 2 is 1.88 bits per heavy atom. The van der Waals surface area contributed by atoms with Gasteiger partial charge in [-0.15, -0.1) is 11.3 Å². The molecule has 1 aliphatic heterocycles. The molecule has 0 aromatic carbocycles. The quantitative estimate of drug-likeness (QED) is 0.739. The highest BCUT2D eigenvalue weighted by molar-refractivity contribution is 7.15. The molecule has 132 valence electrons. The summed E-state index contributed by atoms with van der Waals surface area (Å²) in [6.07, 6.45) is 4.56. The van der Waals surface area contributed by atoms with Crippen molar-refractivity contribution in [3.05, 3.63) is 21.9 Å². The number of carbonyl (C=O) groups excluding carboxylic acids is 2. The first kappa shape index (κ1) is 18.4. The van der Waals surface area contributed by atoms with Crippen LogP contribution >= 0.6 is 11.3 Å². The second kappa shape index (κ2) is 8.82. The van der Waals surface area contributed by atoms with Gasteiger partial charge in [-0.05, 0) is 31.4 Å². The van der Waals surface area contributed by atoms with Gasteiger partial charge in [-0.3, -0.25) is 9.59 Å². The van der Waals surface area contributed by atoms with Crippen LogP contribution in [0.3, 0.4) is 0 Å². The lowest BCUT2D eigenvalue weighted by atomic mass is 9.95. The maximum Gasteiger partial charge on any atom is 0.345 e. The molecule has 6 nitrogen and oxygen atoms in total. The molecule has 7 heteroatoms. The van der Waals surface area contributed by atoms with Crippen LogP contribution < -0.4 is 5.32 Å². The zero-order valence-corrected chi connectivity index (χ0v) is 14.7. The van der Waals surface area contributed by atoms with Gasteiger partial charge >= 0.3 is 5.97 Å². The van der Waals surface area contributed by atoms with Gasteiger partial charge in [0, 0.05) is 25.6 Å². The van der Waals surface area contributed by atoms with Crippen molar-refractivity contribution in [2.45, 2.75) is 39.0 Å². The molecule has 0 aliphatic carbocycles. The third kappa shape index (κ3) is 4.80. The van der Waals surface area contributed by atoms with Gasteiger partial charge in [-0.1, -0.05) is 19.8 Å². The Bertz CT molecular complexity index is 591. The predicted octanol–water partition coefficient (Wildman–Crippen LogP) is 2.60. The van der Waals surface area contributed by atoms with Crippen LogP contribution in [0.1, 0.15) is 58.4 Å². The van der Waals surface area contributed by atoms with E-state index in [0.29, 0.717) is 30.8 Å². The molecule has 1 saturated heterocycles. The lowest BCUT2D eigenvalue weighted by Crippen LogP contribution is -2.43. The number of carboxylic acid groups (broad SMARTS) is 1. The SMILES string of the molecule is CCCCCNC(=O)C1CCN(C(=O)c2ccc(C(=O)O)s2)CC1. The minimum absolute atomic E-state index is 0.0337. The molecule has 0 atom stereocenters. The van der Waals surface area contributed by atoms with Gasteiger partial charge in [0.15, 0.2) is 0 Å². The highest BCUT2D eigenvalue weighted by atomic mass is 32.1. The van der Waals surface area contributed by atoms with Crippen LogP contribution in [0.25, 0.3) is 0 Å². The molecule has 1 aromatic heterocycles. The van der Waals surface area contributed by atoms with E-state index in [2.05, 4.69) is 12.2 Å². The standard InChI is InChI=1S/C17H24N2O4S/c1-2-3-4-9-18-15(20)12-7-10-19(11-8-12)16(21)13-5-6-14(24-13)17(22)23/h5-6,12H,2-4,7-11H2,1H3,(H,18,20)(H,22,23). The number of hydrogen-bond acceptors (Lipinski definition) is 4. The largest absolute Gasteiger partial charge is 0.477 e. The highest BCUT2D eigenvalue weighted by Gasteiger charge is 2.28. The summed E-state index contributed by atoms with van der Waals surface area (Å²) in [5.74, 6) is -1.11. The number of unbranched alkanes of at least 4 members (excludes halogenated alkanes) is 2. The Kier molecular flexibility index (Phi) is 6.78. The summed E-state index contributed by atoms with van der Waals surface area (Å²) in [5.41, 5.74) is 0. The maximum atomic E-state index is 12.4. The lowest BCUT2D eigenvalue weighted by molar-refractivity contribution is -0.126. The molecule has 0 radical (unpaired) electrons. The molecular formula is C17H24N2O4S. The summed E-state index contributed by atoms with van der Waals surface area (Å²) in [4.78, 5) is 37.7. The van der Waals surface area contributed by atoms with E-state index < -0.39 is 5.97 Å².